The zero-order chi connectivity index (χ0) is 8.97. The summed E-state index contributed by atoms with van der Waals surface area (Å²) in [6.07, 6.45) is 0. The first kappa shape index (κ1) is 9.33. The third-order valence-electron chi connectivity index (χ3n) is 1.78. The van der Waals surface area contributed by atoms with E-state index in [0.717, 1.165) is 5.75 Å². The minimum Gasteiger partial charge on any atom is -0.497 e. The average Bonchev–Trinajstić information content (AvgIpc) is 2.03. The molecule has 1 nitrogen and oxygen atoms in total. The summed E-state index contributed by atoms with van der Waals surface area (Å²) in [7, 11) is 1.23. The summed E-state index contributed by atoms with van der Waals surface area (Å²) in [5.74, 6) is 0.974. The lowest BCUT2D eigenvalue weighted by molar-refractivity contribution is 0.414. The lowest BCUT2D eigenvalue weighted by atomic mass is 10.2. The Morgan fingerprint density at radius 1 is 1.33 bits per heavy atom. The van der Waals surface area contributed by atoms with Crippen LogP contribution in [0.5, 0.6) is 5.75 Å². The van der Waals surface area contributed by atoms with E-state index in [1.54, 1.807) is 7.11 Å². The first-order valence-corrected chi connectivity index (χ1v) is 7.48. The van der Waals surface area contributed by atoms with Gasteiger partial charge in [-0.05, 0) is 23.7 Å². The number of rotatable bonds is 3. The van der Waals surface area contributed by atoms with Gasteiger partial charge in [0.15, 0.2) is 0 Å². The molecule has 0 spiro atoms. The predicted molar refractivity (Wildman–Crippen MR) is 55.6 cm³/mol. The number of hydrogen-bond acceptors (Lipinski definition) is 1. The van der Waals surface area contributed by atoms with Gasteiger partial charge in [0.25, 0.3) is 0 Å². The molecule has 0 saturated carbocycles. The molecule has 0 heterocycles. The molecule has 0 aliphatic heterocycles. The Morgan fingerprint density at radius 2 is 2.08 bits per heavy atom. The van der Waals surface area contributed by atoms with Crippen LogP contribution in [0.25, 0.3) is 0 Å². The van der Waals surface area contributed by atoms with Crippen molar-refractivity contribution in [1.82, 2.24) is 0 Å². The van der Waals surface area contributed by atoms with Gasteiger partial charge in [0.05, 0.1) is 7.11 Å². The van der Waals surface area contributed by atoms with Gasteiger partial charge >= 0.3 is 0 Å². The Hall–Kier alpha value is -0.763. The van der Waals surface area contributed by atoms with Crippen LogP contribution in [0.15, 0.2) is 24.3 Å². The van der Waals surface area contributed by atoms with Gasteiger partial charge in [-0.2, -0.15) is 0 Å². The van der Waals surface area contributed by atoms with Gasteiger partial charge in [-0.3, -0.25) is 0 Å². The summed E-state index contributed by atoms with van der Waals surface area (Å²) in [6.45, 7) is 4.72. The molecular weight excluding hydrogens is 164 g/mol. The SMILES string of the molecule is COc1cccc(C[SiH](C)C)c1. The van der Waals surface area contributed by atoms with E-state index in [4.69, 9.17) is 4.74 Å². The first-order chi connectivity index (χ1) is 5.72. The van der Waals surface area contributed by atoms with Crippen LogP contribution in [0.3, 0.4) is 0 Å². The molecule has 2 heteroatoms. The van der Waals surface area contributed by atoms with Gasteiger partial charge in [-0.25, -0.2) is 0 Å². The van der Waals surface area contributed by atoms with Crippen molar-refractivity contribution < 1.29 is 4.74 Å². The van der Waals surface area contributed by atoms with Crippen molar-refractivity contribution in [2.24, 2.45) is 0 Å². The third kappa shape index (κ3) is 2.70. The summed E-state index contributed by atoms with van der Waals surface area (Å²) >= 11 is 0. The Morgan fingerprint density at radius 3 is 2.67 bits per heavy atom. The molecule has 0 saturated heterocycles. The second-order valence-corrected chi connectivity index (χ2v) is 6.65. The highest BCUT2D eigenvalue weighted by atomic mass is 28.3. The molecule has 0 fully saturated rings. The zero-order valence-electron chi connectivity index (χ0n) is 8.00. The second-order valence-electron chi connectivity index (χ2n) is 3.45. The van der Waals surface area contributed by atoms with Crippen molar-refractivity contribution in [1.29, 1.82) is 0 Å². The highest BCUT2D eigenvalue weighted by molar-refractivity contribution is 6.55. The Labute approximate surface area is 76.0 Å². The molecule has 1 aromatic carbocycles. The lowest BCUT2D eigenvalue weighted by Crippen LogP contribution is -2.05. The fraction of sp³-hybridized carbons (Fsp3) is 0.400. The van der Waals surface area contributed by atoms with Gasteiger partial charge in [-0.15, -0.1) is 0 Å². The molecule has 0 bridgehead atoms. The Bertz CT molecular complexity index is 245. The van der Waals surface area contributed by atoms with Crippen molar-refractivity contribution in [2.45, 2.75) is 19.1 Å². The quantitative estimate of drug-likeness (QED) is 0.648. The lowest BCUT2D eigenvalue weighted by Gasteiger charge is -2.05. The van der Waals surface area contributed by atoms with Crippen molar-refractivity contribution >= 4 is 8.80 Å². The van der Waals surface area contributed by atoms with Gasteiger partial charge in [0.1, 0.15) is 5.75 Å². The highest BCUT2D eigenvalue weighted by Gasteiger charge is 1.99. The van der Waals surface area contributed by atoms with Crippen molar-refractivity contribution in [2.75, 3.05) is 7.11 Å². The largest absolute Gasteiger partial charge is 0.497 e. The number of ether oxygens (including phenoxy) is 1. The summed E-state index contributed by atoms with van der Waals surface area (Å²) in [5.41, 5.74) is 1.41. The van der Waals surface area contributed by atoms with Gasteiger partial charge in [-0.1, -0.05) is 25.2 Å². The summed E-state index contributed by atoms with van der Waals surface area (Å²) in [5, 5.41) is 0. The van der Waals surface area contributed by atoms with E-state index in [0.29, 0.717) is 0 Å². The molecule has 0 N–H and O–H groups in total. The summed E-state index contributed by atoms with van der Waals surface area (Å²) in [6, 6.07) is 9.62. The van der Waals surface area contributed by atoms with Crippen LogP contribution in [-0.4, -0.2) is 15.9 Å². The van der Waals surface area contributed by atoms with E-state index in [1.165, 1.54) is 11.6 Å². The first-order valence-electron chi connectivity index (χ1n) is 4.35. The second kappa shape index (κ2) is 4.31. The van der Waals surface area contributed by atoms with Gasteiger partial charge < -0.3 is 4.74 Å². The minimum absolute atomic E-state index is 0.484. The molecule has 1 rings (SSSR count). The molecule has 0 amide bonds. The fourth-order valence-electron chi connectivity index (χ4n) is 1.27. The van der Waals surface area contributed by atoms with Crippen LogP contribution in [0.2, 0.25) is 13.1 Å². The molecule has 0 unspecified atom stereocenters. The van der Waals surface area contributed by atoms with E-state index >= 15 is 0 Å². The maximum absolute atomic E-state index is 5.15. The molecule has 12 heavy (non-hydrogen) atoms. The topological polar surface area (TPSA) is 9.23 Å². The van der Waals surface area contributed by atoms with Crippen LogP contribution < -0.4 is 4.74 Å². The summed E-state index contributed by atoms with van der Waals surface area (Å²) in [4.78, 5) is 0. The van der Waals surface area contributed by atoms with Crippen molar-refractivity contribution in [3.63, 3.8) is 0 Å². The maximum Gasteiger partial charge on any atom is 0.119 e. The average molecular weight is 180 g/mol. The van der Waals surface area contributed by atoms with Gasteiger partial charge in [0.2, 0.25) is 0 Å². The predicted octanol–water partition coefficient (Wildman–Crippen LogP) is 2.26. The Balaban J connectivity index is 2.72. The van der Waals surface area contributed by atoms with Gasteiger partial charge in [0, 0.05) is 8.80 Å². The van der Waals surface area contributed by atoms with Crippen LogP contribution in [-0.2, 0) is 6.04 Å². The van der Waals surface area contributed by atoms with E-state index in [9.17, 15) is 0 Å². The maximum atomic E-state index is 5.15. The molecular formula is C10H16OSi. The van der Waals surface area contributed by atoms with Crippen molar-refractivity contribution in [3.05, 3.63) is 29.8 Å². The smallest absolute Gasteiger partial charge is 0.119 e. The number of methoxy groups -OCH3 is 1. The van der Waals surface area contributed by atoms with Crippen LogP contribution in [0.4, 0.5) is 0 Å². The molecule has 0 aliphatic rings. The normalized spacial score (nSPS) is 10.3. The zero-order valence-corrected chi connectivity index (χ0v) is 9.16. The van der Waals surface area contributed by atoms with Crippen LogP contribution in [0, 0.1) is 0 Å². The fourth-order valence-corrected chi connectivity index (χ4v) is 2.47. The molecule has 0 aliphatic carbocycles. The number of hydrogen-bond donors (Lipinski definition) is 0. The van der Waals surface area contributed by atoms with Crippen molar-refractivity contribution in [3.8, 4) is 5.75 Å². The Kier molecular flexibility index (Phi) is 3.35. The molecule has 0 radical (unpaired) electrons. The van der Waals surface area contributed by atoms with E-state index in [-0.39, 0.29) is 0 Å². The highest BCUT2D eigenvalue weighted by Crippen LogP contribution is 2.13. The molecule has 1 aromatic rings. The molecule has 0 aromatic heterocycles. The monoisotopic (exact) mass is 180 g/mol. The number of benzene rings is 1. The molecule has 0 atom stereocenters. The molecule has 66 valence electrons. The van der Waals surface area contributed by atoms with E-state index in [2.05, 4.69) is 31.3 Å². The summed E-state index contributed by atoms with van der Waals surface area (Å²) < 4.78 is 5.15. The third-order valence-corrected chi connectivity index (χ3v) is 3.07. The standard InChI is InChI=1S/C10H16OSi/c1-11-10-6-4-5-9(7-10)8-12(2)3/h4-7,12H,8H2,1-3H3. The minimum atomic E-state index is -0.484. The van der Waals surface area contributed by atoms with E-state index < -0.39 is 8.80 Å². The van der Waals surface area contributed by atoms with Crippen LogP contribution in [0.1, 0.15) is 5.56 Å². The van der Waals surface area contributed by atoms with E-state index in [1.807, 2.05) is 6.07 Å². The van der Waals surface area contributed by atoms with Crippen LogP contribution >= 0.6 is 0 Å².